The van der Waals surface area contributed by atoms with Crippen LogP contribution in [0.3, 0.4) is 0 Å². The monoisotopic (exact) mass is 1570 g/mol. The minimum Gasteiger partial charge on any atom is -0.462 e. The van der Waals surface area contributed by atoms with Gasteiger partial charge in [0.1, 0.15) is 19.3 Å². The van der Waals surface area contributed by atoms with Crippen molar-refractivity contribution >= 4 is 39.5 Å². The van der Waals surface area contributed by atoms with E-state index in [1.807, 2.05) is 36.5 Å². The van der Waals surface area contributed by atoms with Gasteiger partial charge in [0, 0.05) is 25.7 Å². The van der Waals surface area contributed by atoms with Crippen LogP contribution in [0.15, 0.2) is 219 Å². The summed E-state index contributed by atoms with van der Waals surface area (Å²) in [7, 11) is -10.0. The molecule has 0 aliphatic carbocycles. The van der Waals surface area contributed by atoms with E-state index in [0.717, 1.165) is 154 Å². The number of aliphatic hydroxyl groups excluding tert-OH is 1. The fourth-order valence-corrected chi connectivity index (χ4v) is 11.4. The fourth-order valence-electron chi connectivity index (χ4n) is 9.82. The van der Waals surface area contributed by atoms with Crippen molar-refractivity contribution in [3.8, 4) is 0 Å². The molecule has 0 saturated carbocycles. The molecule has 0 amide bonds. The highest BCUT2D eigenvalue weighted by Gasteiger charge is 2.30. The van der Waals surface area contributed by atoms with Crippen LogP contribution in [-0.4, -0.2) is 96.7 Å². The second kappa shape index (κ2) is 80.4. The molecular formula is C91H142O17P2. The number of esters is 4. The fraction of sp³-hybridized carbons (Fsp3) is 0.560. The van der Waals surface area contributed by atoms with E-state index in [-0.39, 0.29) is 25.7 Å². The quantitative estimate of drug-likeness (QED) is 0.0169. The van der Waals surface area contributed by atoms with Crippen LogP contribution in [0, 0.1) is 0 Å². The maximum atomic E-state index is 13.1. The summed E-state index contributed by atoms with van der Waals surface area (Å²) < 4.78 is 68.5. The van der Waals surface area contributed by atoms with Crippen molar-refractivity contribution in [1.82, 2.24) is 0 Å². The highest BCUT2D eigenvalue weighted by Crippen LogP contribution is 2.45. The lowest BCUT2D eigenvalue weighted by Crippen LogP contribution is -2.30. The van der Waals surface area contributed by atoms with Gasteiger partial charge >= 0.3 is 39.5 Å². The summed E-state index contributed by atoms with van der Waals surface area (Å²) in [6.45, 7) is 4.26. The highest BCUT2D eigenvalue weighted by molar-refractivity contribution is 7.47. The van der Waals surface area contributed by atoms with Gasteiger partial charge in [-0.1, -0.05) is 291 Å². The van der Waals surface area contributed by atoms with E-state index >= 15 is 0 Å². The van der Waals surface area contributed by atoms with E-state index in [9.17, 15) is 43.2 Å². The molecule has 5 atom stereocenters. The molecule has 0 saturated heterocycles. The number of unbranched alkanes of at least 4 members (excludes halogenated alkanes) is 12. The van der Waals surface area contributed by atoms with Gasteiger partial charge < -0.3 is 33.8 Å². The van der Waals surface area contributed by atoms with Crippen molar-refractivity contribution in [2.24, 2.45) is 0 Å². The second-order valence-electron chi connectivity index (χ2n) is 26.2. The van der Waals surface area contributed by atoms with Crippen LogP contribution in [-0.2, 0) is 65.4 Å². The first kappa shape index (κ1) is 103. The molecule has 0 bridgehead atoms. The molecule has 0 aromatic heterocycles. The van der Waals surface area contributed by atoms with Crippen LogP contribution < -0.4 is 0 Å². The van der Waals surface area contributed by atoms with Crippen molar-refractivity contribution in [2.75, 3.05) is 39.6 Å². The first-order valence-electron chi connectivity index (χ1n) is 41.0. The number of carbonyl (C=O) groups excluding carboxylic acids is 4. The van der Waals surface area contributed by atoms with Gasteiger partial charge in [0.15, 0.2) is 12.2 Å². The van der Waals surface area contributed by atoms with E-state index in [4.69, 9.17) is 37.0 Å². The van der Waals surface area contributed by atoms with Crippen molar-refractivity contribution < 1.29 is 80.2 Å². The highest BCUT2D eigenvalue weighted by atomic mass is 31.2. The maximum Gasteiger partial charge on any atom is 0.472 e. The Hall–Kier alpha value is -6.62. The Kier molecular flexibility index (Phi) is 75.6. The Bertz CT molecular complexity index is 2950. The molecule has 110 heavy (non-hydrogen) atoms. The smallest absolute Gasteiger partial charge is 0.462 e. The number of hydrogen-bond acceptors (Lipinski definition) is 15. The summed E-state index contributed by atoms with van der Waals surface area (Å²) in [4.78, 5) is 73.1. The van der Waals surface area contributed by atoms with E-state index in [1.54, 1.807) is 0 Å². The Morgan fingerprint density at radius 1 is 0.264 bits per heavy atom. The first-order valence-corrected chi connectivity index (χ1v) is 44.0. The molecule has 0 aromatic carbocycles. The molecule has 0 rings (SSSR count). The molecular weight excluding hydrogens is 1430 g/mol. The van der Waals surface area contributed by atoms with E-state index in [0.29, 0.717) is 38.5 Å². The lowest BCUT2D eigenvalue weighted by Gasteiger charge is -2.21. The molecule has 0 fully saturated rings. The summed E-state index contributed by atoms with van der Waals surface area (Å²) in [5.41, 5.74) is 0. The molecule has 19 heteroatoms. The largest absolute Gasteiger partial charge is 0.472 e. The molecule has 0 heterocycles. The zero-order valence-corrected chi connectivity index (χ0v) is 69.4. The number of hydrogen-bond donors (Lipinski definition) is 3. The number of allylic oxidation sites excluding steroid dienone is 36. The Morgan fingerprint density at radius 3 is 0.818 bits per heavy atom. The molecule has 0 radical (unpaired) electrons. The van der Waals surface area contributed by atoms with Crippen LogP contribution in [0.2, 0.25) is 0 Å². The Balaban J connectivity index is 5.56. The number of carbonyl (C=O) groups is 4. The molecule has 17 nitrogen and oxygen atoms in total. The van der Waals surface area contributed by atoms with Crippen molar-refractivity contribution in [3.05, 3.63) is 219 Å². The molecule has 0 aliphatic rings. The predicted octanol–water partition coefficient (Wildman–Crippen LogP) is 24.4. The Morgan fingerprint density at radius 2 is 0.491 bits per heavy atom. The van der Waals surface area contributed by atoms with Crippen LogP contribution in [0.25, 0.3) is 0 Å². The van der Waals surface area contributed by atoms with Gasteiger partial charge in [0.05, 0.1) is 26.4 Å². The number of aliphatic hydroxyl groups is 1. The second-order valence-corrected chi connectivity index (χ2v) is 29.1. The maximum absolute atomic E-state index is 13.1. The van der Waals surface area contributed by atoms with E-state index < -0.39 is 97.5 Å². The summed E-state index contributed by atoms with van der Waals surface area (Å²) in [6, 6.07) is 0. The summed E-state index contributed by atoms with van der Waals surface area (Å²) in [5, 5.41) is 10.7. The van der Waals surface area contributed by atoms with Gasteiger partial charge in [0.2, 0.25) is 0 Å². The van der Waals surface area contributed by atoms with Gasteiger partial charge in [-0.15, -0.1) is 0 Å². The average Bonchev–Trinajstić information content (AvgIpc) is 0.900. The third-order valence-electron chi connectivity index (χ3n) is 15.9. The zero-order valence-electron chi connectivity index (χ0n) is 67.6. The third kappa shape index (κ3) is 79.5. The van der Waals surface area contributed by atoms with E-state index in [1.165, 1.54) is 25.7 Å². The standard InChI is InChI=1S/C91H142O17P2/c1-5-9-13-17-21-25-29-33-36-39-42-45-48-52-55-59-63-67-71-75-88(93)101-81-86(107-90(95)77-73-69-65-61-57-51-32-28-24-20-16-12-8-4)83-105-109(97,98)103-79-85(92)80-104-110(99,100)106-84-87(108-91(96)78-74-70-66-62-58-54-50-47-44-41-38-35-31-27-23-19-15-11-7-3)82-102-89(94)76-72-68-64-60-56-53-49-46-43-40-37-34-30-26-22-18-14-10-6-2/h9-11,13-15,21-23,25-28,32-38,42-47,52-56,58,64,66,68,70,85-87,92H,5-8,12,16-20,24,29-31,39-41,48-51,57,59-63,65,67,69,71-84H2,1-4H3,(H,97,98)(H,99,100)/b13-9-,14-10-,15-11-,25-21-,26-22-,27-23-,32-28-,36-33-,37-34-,38-35-,45-42-,46-43-,47-44-,55-52-,56-53-,58-54-,68-64-,70-66-. The van der Waals surface area contributed by atoms with Crippen molar-refractivity contribution in [2.45, 2.75) is 290 Å². The number of ether oxygens (including phenoxy) is 4. The van der Waals surface area contributed by atoms with Crippen molar-refractivity contribution in [1.29, 1.82) is 0 Å². The predicted molar refractivity (Wildman–Crippen MR) is 454 cm³/mol. The third-order valence-corrected chi connectivity index (χ3v) is 17.8. The molecule has 0 spiro atoms. The minimum atomic E-state index is -5.03. The molecule has 0 aromatic rings. The topological polar surface area (TPSA) is 237 Å². The summed E-state index contributed by atoms with van der Waals surface area (Å²) in [6.07, 6.45) is 102. The molecule has 3 N–H and O–H groups in total. The lowest BCUT2D eigenvalue weighted by atomic mass is 10.1. The normalized spacial score (nSPS) is 14.9. The number of rotatable bonds is 74. The van der Waals surface area contributed by atoms with E-state index in [2.05, 4.69) is 210 Å². The molecule has 618 valence electrons. The zero-order chi connectivity index (χ0) is 80.3. The number of phosphoric ester groups is 2. The summed E-state index contributed by atoms with van der Waals surface area (Å²) in [5.74, 6) is -2.44. The van der Waals surface area contributed by atoms with Gasteiger partial charge in [-0.05, 0) is 173 Å². The van der Waals surface area contributed by atoms with Crippen LogP contribution in [0.1, 0.15) is 272 Å². The van der Waals surface area contributed by atoms with Gasteiger partial charge in [-0.2, -0.15) is 0 Å². The minimum absolute atomic E-state index is 0.0100. The van der Waals surface area contributed by atoms with Gasteiger partial charge in [-0.3, -0.25) is 37.3 Å². The van der Waals surface area contributed by atoms with Crippen molar-refractivity contribution in [3.63, 3.8) is 0 Å². The summed E-state index contributed by atoms with van der Waals surface area (Å²) >= 11 is 0. The molecule has 5 unspecified atom stereocenters. The Labute approximate surface area is 664 Å². The average molecular weight is 1570 g/mol. The van der Waals surface area contributed by atoms with Crippen LogP contribution in [0.4, 0.5) is 0 Å². The van der Waals surface area contributed by atoms with Crippen LogP contribution >= 0.6 is 15.6 Å². The first-order chi connectivity index (χ1) is 53.7. The SMILES string of the molecule is CC/C=C\C/C=C\C/C=C\C/C=C\C/C=C\C/C=C\CCC(=O)OCC(COP(=O)(O)OCC(O)COP(=O)(O)OCC(COC(=O)CCCCC/C=C\C/C=C\C/C=C\C/C=C\C/C=C\CC)OC(=O)CCCCCCC/C=C\CCCCCC)OC(=O)CC/C=C\C/C=C\C/C=C\C/C=C\C/C=C\C/C=C\CC. The van der Waals surface area contributed by atoms with Gasteiger partial charge in [-0.25, -0.2) is 9.13 Å². The number of phosphoric acid groups is 2. The molecule has 0 aliphatic heterocycles. The lowest BCUT2D eigenvalue weighted by molar-refractivity contribution is -0.161. The van der Waals surface area contributed by atoms with Crippen LogP contribution in [0.5, 0.6) is 0 Å². The van der Waals surface area contributed by atoms with Gasteiger partial charge in [0.25, 0.3) is 0 Å².